The number of rotatable bonds is 3. The highest BCUT2D eigenvalue weighted by molar-refractivity contribution is 6.35. The van der Waals surface area contributed by atoms with Gasteiger partial charge in [-0.05, 0) is 24.3 Å². The number of nitrogens with zero attached hydrogens (tertiary/aromatic N) is 2. The van der Waals surface area contributed by atoms with Crippen molar-refractivity contribution in [1.29, 1.82) is 0 Å². The molecular formula is C11H7Cl2N3O2. The number of nitrogens with one attached hydrogen (secondary N) is 1. The molecule has 1 aromatic heterocycles. The van der Waals surface area contributed by atoms with E-state index in [-0.39, 0.29) is 11.5 Å². The second-order valence-electron chi connectivity index (χ2n) is 3.41. The standard InChI is InChI=1S/C11H7Cl2N3O2/c12-7-4-8(13)6-9(5-7)15-11-10(16(17)18)2-1-3-14-11/h1-6H,(H,14,15). The summed E-state index contributed by atoms with van der Waals surface area (Å²) in [5.74, 6) is 0.140. The van der Waals surface area contributed by atoms with E-state index >= 15 is 0 Å². The average molecular weight is 284 g/mol. The number of benzene rings is 1. The summed E-state index contributed by atoms with van der Waals surface area (Å²) in [6, 6.07) is 7.63. The minimum Gasteiger partial charge on any atom is -0.334 e. The normalized spacial score (nSPS) is 10.1. The summed E-state index contributed by atoms with van der Waals surface area (Å²) < 4.78 is 0. The number of nitro groups is 1. The lowest BCUT2D eigenvalue weighted by molar-refractivity contribution is -0.384. The van der Waals surface area contributed by atoms with Gasteiger partial charge in [-0.3, -0.25) is 10.1 Å². The molecule has 1 N–H and O–H groups in total. The quantitative estimate of drug-likeness (QED) is 0.682. The minimum absolute atomic E-state index is 0.117. The lowest BCUT2D eigenvalue weighted by Crippen LogP contribution is -1.99. The van der Waals surface area contributed by atoms with Gasteiger partial charge in [-0.2, -0.15) is 0 Å². The summed E-state index contributed by atoms with van der Waals surface area (Å²) in [6.07, 6.45) is 1.46. The Hall–Kier alpha value is -1.85. The van der Waals surface area contributed by atoms with Crippen molar-refractivity contribution in [2.75, 3.05) is 5.32 Å². The van der Waals surface area contributed by atoms with Crippen LogP contribution in [0.5, 0.6) is 0 Å². The predicted molar refractivity (Wildman–Crippen MR) is 70.6 cm³/mol. The molecule has 18 heavy (non-hydrogen) atoms. The van der Waals surface area contributed by atoms with Gasteiger partial charge in [-0.15, -0.1) is 0 Å². The largest absolute Gasteiger partial charge is 0.334 e. The van der Waals surface area contributed by atoms with Crippen molar-refractivity contribution < 1.29 is 4.92 Å². The Morgan fingerprint density at radius 1 is 1.22 bits per heavy atom. The van der Waals surface area contributed by atoms with Gasteiger partial charge in [0.05, 0.1) is 4.92 Å². The highest BCUT2D eigenvalue weighted by Crippen LogP contribution is 2.28. The van der Waals surface area contributed by atoms with Crippen molar-refractivity contribution in [2.45, 2.75) is 0 Å². The molecule has 0 aliphatic rings. The molecule has 92 valence electrons. The van der Waals surface area contributed by atoms with Crippen LogP contribution in [0.25, 0.3) is 0 Å². The summed E-state index contributed by atoms with van der Waals surface area (Å²) in [5.41, 5.74) is 0.419. The molecule has 5 nitrogen and oxygen atoms in total. The first kappa shape index (κ1) is 12.6. The maximum atomic E-state index is 10.8. The van der Waals surface area contributed by atoms with Gasteiger partial charge in [0.2, 0.25) is 5.82 Å². The number of anilines is 2. The molecule has 7 heteroatoms. The molecule has 0 aliphatic heterocycles. The lowest BCUT2D eigenvalue weighted by atomic mass is 10.3. The van der Waals surface area contributed by atoms with Crippen LogP contribution in [0.3, 0.4) is 0 Å². The Labute approximate surface area is 113 Å². The van der Waals surface area contributed by atoms with Crippen LogP contribution in [-0.4, -0.2) is 9.91 Å². The van der Waals surface area contributed by atoms with Crippen LogP contribution in [0.1, 0.15) is 0 Å². The van der Waals surface area contributed by atoms with Gasteiger partial charge in [0.25, 0.3) is 0 Å². The highest BCUT2D eigenvalue weighted by atomic mass is 35.5. The first-order valence-electron chi connectivity index (χ1n) is 4.89. The van der Waals surface area contributed by atoms with Crippen molar-refractivity contribution in [2.24, 2.45) is 0 Å². The van der Waals surface area contributed by atoms with Gasteiger partial charge in [-0.1, -0.05) is 23.2 Å². The second kappa shape index (κ2) is 5.20. The Balaban J connectivity index is 2.37. The third-order valence-electron chi connectivity index (χ3n) is 2.11. The zero-order valence-electron chi connectivity index (χ0n) is 8.93. The second-order valence-corrected chi connectivity index (χ2v) is 4.28. The fourth-order valence-electron chi connectivity index (χ4n) is 1.40. The predicted octanol–water partition coefficient (Wildman–Crippen LogP) is 4.04. The first-order chi connectivity index (χ1) is 8.56. The summed E-state index contributed by atoms with van der Waals surface area (Å²) in [7, 11) is 0. The molecular weight excluding hydrogens is 277 g/mol. The topological polar surface area (TPSA) is 68.1 Å². The molecule has 1 aromatic carbocycles. The van der Waals surface area contributed by atoms with Gasteiger partial charge in [0.15, 0.2) is 0 Å². The number of hydrogen-bond acceptors (Lipinski definition) is 4. The summed E-state index contributed by atoms with van der Waals surface area (Å²) in [6.45, 7) is 0. The smallest absolute Gasteiger partial charge is 0.311 e. The van der Waals surface area contributed by atoms with E-state index in [4.69, 9.17) is 23.2 Å². The minimum atomic E-state index is -0.512. The number of hydrogen-bond donors (Lipinski definition) is 1. The van der Waals surface area contributed by atoms with E-state index in [1.54, 1.807) is 18.2 Å². The van der Waals surface area contributed by atoms with E-state index in [9.17, 15) is 10.1 Å². The summed E-state index contributed by atoms with van der Waals surface area (Å²) in [4.78, 5) is 14.2. The molecule has 0 spiro atoms. The molecule has 0 atom stereocenters. The fraction of sp³-hybridized carbons (Fsp3) is 0. The SMILES string of the molecule is O=[N+]([O-])c1cccnc1Nc1cc(Cl)cc(Cl)c1. The third kappa shape index (κ3) is 2.88. The third-order valence-corrected chi connectivity index (χ3v) is 2.54. The zero-order valence-corrected chi connectivity index (χ0v) is 10.4. The van der Waals surface area contributed by atoms with Crippen molar-refractivity contribution in [3.8, 4) is 0 Å². The fourth-order valence-corrected chi connectivity index (χ4v) is 1.93. The lowest BCUT2D eigenvalue weighted by Gasteiger charge is -2.06. The maximum absolute atomic E-state index is 10.8. The summed E-state index contributed by atoms with van der Waals surface area (Å²) >= 11 is 11.7. The monoisotopic (exact) mass is 283 g/mol. The molecule has 0 saturated carbocycles. The van der Waals surface area contributed by atoms with Crippen LogP contribution < -0.4 is 5.32 Å². The van der Waals surface area contributed by atoms with Crippen LogP contribution >= 0.6 is 23.2 Å². The molecule has 0 saturated heterocycles. The molecule has 2 aromatic rings. The van der Waals surface area contributed by atoms with Crippen LogP contribution in [0.15, 0.2) is 36.5 Å². The van der Waals surface area contributed by atoms with E-state index in [1.165, 1.54) is 18.3 Å². The molecule has 1 heterocycles. The highest BCUT2D eigenvalue weighted by Gasteiger charge is 2.14. The van der Waals surface area contributed by atoms with E-state index in [2.05, 4.69) is 10.3 Å². The molecule has 0 amide bonds. The van der Waals surface area contributed by atoms with Crippen molar-refractivity contribution in [1.82, 2.24) is 4.98 Å². The van der Waals surface area contributed by atoms with E-state index in [1.807, 2.05) is 0 Å². The molecule has 0 radical (unpaired) electrons. The molecule has 0 aliphatic carbocycles. The maximum Gasteiger partial charge on any atom is 0.311 e. The Bertz CT molecular complexity index is 584. The first-order valence-corrected chi connectivity index (χ1v) is 5.64. The van der Waals surface area contributed by atoms with Gasteiger partial charge < -0.3 is 5.32 Å². The number of aromatic nitrogens is 1. The van der Waals surface area contributed by atoms with Crippen LogP contribution in [0.2, 0.25) is 10.0 Å². The number of pyridine rings is 1. The van der Waals surface area contributed by atoms with Crippen molar-refractivity contribution >= 4 is 40.4 Å². The molecule has 2 rings (SSSR count). The van der Waals surface area contributed by atoms with E-state index in [0.29, 0.717) is 15.7 Å². The molecule has 0 unspecified atom stereocenters. The van der Waals surface area contributed by atoms with Crippen LogP contribution in [-0.2, 0) is 0 Å². The van der Waals surface area contributed by atoms with Gasteiger partial charge in [0.1, 0.15) is 0 Å². The van der Waals surface area contributed by atoms with Gasteiger partial charge in [-0.25, -0.2) is 4.98 Å². The number of halogens is 2. The zero-order chi connectivity index (χ0) is 13.1. The van der Waals surface area contributed by atoms with Gasteiger partial charge in [0, 0.05) is 28.0 Å². The van der Waals surface area contributed by atoms with Crippen molar-refractivity contribution in [3.63, 3.8) is 0 Å². The Morgan fingerprint density at radius 3 is 2.50 bits per heavy atom. The average Bonchev–Trinajstić information content (AvgIpc) is 2.27. The molecule has 0 fully saturated rings. The Morgan fingerprint density at radius 2 is 1.89 bits per heavy atom. The van der Waals surface area contributed by atoms with Crippen LogP contribution in [0.4, 0.5) is 17.2 Å². The van der Waals surface area contributed by atoms with Crippen LogP contribution in [0, 0.1) is 10.1 Å². The molecule has 0 bridgehead atoms. The van der Waals surface area contributed by atoms with Crippen molar-refractivity contribution in [3.05, 3.63) is 56.7 Å². The van der Waals surface area contributed by atoms with Gasteiger partial charge >= 0.3 is 5.69 Å². The van der Waals surface area contributed by atoms with E-state index in [0.717, 1.165) is 0 Å². The van der Waals surface area contributed by atoms with E-state index < -0.39 is 4.92 Å². The summed E-state index contributed by atoms with van der Waals surface area (Å²) in [5, 5.41) is 14.5. The Kier molecular flexibility index (Phi) is 3.64.